The van der Waals surface area contributed by atoms with E-state index in [-0.39, 0.29) is 11.9 Å². The van der Waals surface area contributed by atoms with Crippen molar-refractivity contribution in [1.29, 1.82) is 0 Å². The Morgan fingerprint density at radius 3 is 2.68 bits per heavy atom. The Kier molecular flexibility index (Phi) is 10.5. The molecule has 1 aliphatic rings. The van der Waals surface area contributed by atoms with Gasteiger partial charge in [-0.05, 0) is 53.2 Å². The van der Waals surface area contributed by atoms with Crippen molar-refractivity contribution in [2.24, 2.45) is 0 Å². The summed E-state index contributed by atoms with van der Waals surface area (Å²) < 4.78 is 18.2. The summed E-state index contributed by atoms with van der Waals surface area (Å²) >= 11 is 0.197. The lowest BCUT2D eigenvalue weighted by Crippen LogP contribution is -2.39. The zero-order valence-electron chi connectivity index (χ0n) is 19.2. The van der Waals surface area contributed by atoms with Gasteiger partial charge in [0.25, 0.3) is 0 Å². The van der Waals surface area contributed by atoms with Gasteiger partial charge < -0.3 is 15.7 Å². The average Bonchev–Trinajstić information content (AvgIpc) is 3.27. The molecule has 1 aliphatic heterocycles. The van der Waals surface area contributed by atoms with E-state index in [9.17, 15) is 18.9 Å². The maximum atomic E-state index is 12.3. The summed E-state index contributed by atoms with van der Waals surface area (Å²) in [6.07, 6.45) is 3.79. The second-order valence-electron chi connectivity index (χ2n) is 8.15. The minimum absolute atomic E-state index is 0.0141. The van der Waals surface area contributed by atoms with Crippen molar-refractivity contribution in [3.63, 3.8) is 0 Å². The minimum atomic E-state index is -1.43. The van der Waals surface area contributed by atoms with Crippen molar-refractivity contribution in [3.05, 3.63) is 59.7 Å². The molecule has 34 heavy (non-hydrogen) atoms. The van der Waals surface area contributed by atoms with Crippen LogP contribution >= 0.6 is 11.8 Å². The first-order valence-corrected chi connectivity index (χ1v) is 13.8. The lowest BCUT2D eigenvalue weighted by molar-refractivity contribution is -0.139. The molecule has 3 atom stereocenters. The molecule has 1 fully saturated rings. The molecular weight excluding hydrogens is 472 g/mol. The van der Waals surface area contributed by atoms with Gasteiger partial charge in [0, 0.05) is 32.1 Å². The fourth-order valence-corrected chi connectivity index (χ4v) is 4.99. The number of hydrogen-bond acceptors (Lipinski definition) is 5. The Morgan fingerprint density at radius 2 is 2.00 bits per heavy atom. The van der Waals surface area contributed by atoms with Gasteiger partial charge >= 0.3 is 5.97 Å². The lowest BCUT2D eigenvalue weighted by Gasteiger charge is -2.17. The van der Waals surface area contributed by atoms with E-state index in [0.717, 1.165) is 34.4 Å². The van der Waals surface area contributed by atoms with E-state index >= 15 is 0 Å². The summed E-state index contributed by atoms with van der Waals surface area (Å²) in [4.78, 5) is 22.9. The summed E-state index contributed by atoms with van der Waals surface area (Å²) in [5.41, 5.74) is 4.01. The summed E-state index contributed by atoms with van der Waals surface area (Å²) in [6.45, 7) is 1.28. The Bertz CT molecular complexity index is 990. The number of nitrogens with one attached hydrogen (secondary N) is 4. The van der Waals surface area contributed by atoms with E-state index in [1.807, 2.05) is 54.8 Å². The molecule has 184 valence electrons. The maximum Gasteiger partial charge on any atom is 0.320 e. The monoisotopic (exact) mass is 504 g/mol. The molecule has 0 radical (unpaired) electrons. The fraction of sp³-hybridized carbons (Fsp3) is 0.417. The molecule has 8 nitrogen and oxygen atoms in total. The number of thioether (sulfide) groups is 1. The van der Waals surface area contributed by atoms with Crippen LogP contribution in [0.3, 0.4) is 0 Å². The van der Waals surface area contributed by atoms with Gasteiger partial charge in [-0.3, -0.25) is 9.59 Å². The lowest BCUT2D eigenvalue weighted by atomic mass is 9.97. The highest BCUT2D eigenvalue weighted by atomic mass is 32.2. The molecule has 1 unspecified atom stereocenters. The third-order valence-electron chi connectivity index (χ3n) is 5.66. The van der Waals surface area contributed by atoms with Crippen LogP contribution in [0.25, 0.3) is 11.1 Å². The Labute approximate surface area is 207 Å². The number of carbonyl (C=O) groups excluding carboxylic acids is 1. The quantitative estimate of drug-likeness (QED) is 0.269. The van der Waals surface area contributed by atoms with Crippen molar-refractivity contribution in [3.8, 4) is 11.1 Å². The highest BCUT2D eigenvalue weighted by Crippen LogP contribution is 2.25. The Balaban J connectivity index is 1.64. The van der Waals surface area contributed by atoms with E-state index in [1.54, 1.807) is 11.8 Å². The van der Waals surface area contributed by atoms with Crippen molar-refractivity contribution >= 4 is 34.8 Å². The van der Waals surface area contributed by atoms with Crippen LogP contribution in [-0.4, -0.2) is 51.8 Å². The van der Waals surface area contributed by atoms with Crippen LogP contribution in [-0.2, 0) is 33.9 Å². The van der Waals surface area contributed by atoms with Crippen molar-refractivity contribution < 1.29 is 18.9 Å². The number of benzene rings is 2. The molecule has 1 amide bonds. The molecule has 2 aromatic rings. The van der Waals surface area contributed by atoms with Crippen LogP contribution in [0.15, 0.2) is 48.5 Å². The van der Waals surface area contributed by atoms with E-state index in [1.165, 1.54) is 0 Å². The number of carboxylic acid groups (broad SMARTS) is 1. The number of carboxylic acids is 1. The number of hydrogen-bond donors (Lipinski definition) is 5. The van der Waals surface area contributed by atoms with E-state index in [0.29, 0.717) is 32.5 Å². The third kappa shape index (κ3) is 8.21. The summed E-state index contributed by atoms with van der Waals surface area (Å²) in [5.74, 6) is -0.0333. The van der Waals surface area contributed by atoms with E-state index < -0.39 is 23.2 Å². The number of amides is 1. The van der Waals surface area contributed by atoms with Gasteiger partial charge in [-0.2, -0.15) is 11.8 Å². The summed E-state index contributed by atoms with van der Waals surface area (Å²) in [6, 6.07) is 15.3. The number of rotatable bonds is 14. The summed E-state index contributed by atoms with van der Waals surface area (Å²) in [5, 5.41) is 15.5. The molecule has 2 aromatic carbocycles. The fourth-order valence-electron chi connectivity index (χ4n) is 3.76. The molecule has 5 N–H and O–H groups in total. The van der Waals surface area contributed by atoms with Gasteiger partial charge in [-0.25, -0.2) is 13.7 Å². The van der Waals surface area contributed by atoms with Gasteiger partial charge in [0.2, 0.25) is 5.91 Å². The highest BCUT2D eigenvalue weighted by molar-refractivity contribution is 7.98. The topological polar surface area (TPSA) is 120 Å². The SMILES string of the molecule is CSCC[C@H](NCc1ccc(CNS(=O)NC[C@@H]2CCC(=O)N2)cc1-c1ccccc1)C(=O)O. The Morgan fingerprint density at radius 1 is 1.21 bits per heavy atom. The molecule has 1 saturated heterocycles. The van der Waals surface area contributed by atoms with Gasteiger partial charge in [0.05, 0.1) is 0 Å². The predicted octanol–water partition coefficient (Wildman–Crippen LogP) is 2.19. The molecule has 0 aliphatic carbocycles. The van der Waals surface area contributed by atoms with E-state index in [2.05, 4.69) is 20.1 Å². The second-order valence-corrected chi connectivity index (χ2v) is 10.3. The first kappa shape index (κ1) is 26.4. The van der Waals surface area contributed by atoms with Crippen molar-refractivity contribution in [1.82, 2.24) is 20.1 Å². The first-order valence-electron chi connectivity index (χ1n) is 11.3. The standard InChI is InChI=1S/C24H32N4O4S2/c1-33-12-11-22(24(30)31)25-15-19-8-7-17(13-21(19)18-5-3-2-4-6-18)14-26-34(32)27-16-20-9-10-23(29)28-20/h2-8,13,20,22,25-27H,9-12,14-16H2,1H3,(H,28,29)(H,30,31)/t20-,22-,34?/m0/s1. The smallest absolute Gasteiger partial charge is 0.320 e. The normalized spacial score (nSPS) is 17.3. The molecule has 3 rings (SSSR count). The summed E-state index contributed by atoms with van der Waals surface area (Å²) in [7, 11) is 0. The van der Waals surface area contributed by atoms with Crippen LogP contribution in [0.4, 0.5) is 0 Å². The van der Waals surface area contributed by atoms with Gasteiger partial charge in [0.15, 0.2) is 11.2 Å². The third-order valence-corrected chi connectivity index (χ3v) is 7.14. The van der Waals surface area contributed by atoms with Crippen LogP contribution in [0, 0.1) is 0 Å². The van der Waals surface area contributed by atoms with Crippen LogP contribution in [0.5, 0.6) is 0 Å². The molecular formula is C24H32N4O4S2. The second kappa shape index (κ2) is 13.6. The zero-order chi connectivity index (χ0) is 24.3. The average molecular weight is 505 g/mol. The van der Waals surface area contributed by atoms with Gasteiger partial charge in [-0.1, -0.05) is 42.5 Å². The Hall–Kier alpha value is -2.24. The zero-order valence-corrected chi connectivity index (χ0v) is 20.8. The van der Waals surface area contributed by atoms with Crippen LogP contribution in [0.1, 0.15) is 30.4 Å². The van der Waals surface area contributed by atoms with E-state index in [4.69, 9.17) is 0 Å². The number of aliphatic carboxylic acids is 1. The molecule has 0 spiro atoms. The van der Waals surface area contributed by atoms with Crippen LogP contribution < -0.4 is 20.1 Å². The predicted molar refractivity (Wildman–Crippen MR) is 137 cm³/mol. The van der Waals surface area contributed by atoms with Crippen molar-refractivity contribution in [2.75, 3.05) is 18.6 Å². The molecule has 10 heteroatoms. The molecule has 0 aromatic heterocycles. The largest absolute Gasteiger partial charge is 0.480 e. The molecule has 1 heterocycles. The molecule has 0 bridgehead atoms. The van der Waals surface area contributed by atoms with Gasteiger partial charge in [-0.15, -0.1) is 0 Å². The number of carbonyl (C=O) groups is 2. The minimum Gasteiger partial charge on any atom is -0.480 e. The first-order chi connectivity index (χ1) is 16.5. The molecule has 0 saturated carbocycles. The van der Waals surface area contributed by atoms with Gasteiger partial charge in [0.1, 0.15) is 6.04 Å². The van der Waals surface area contributed by atoms with Crippen LogP contribution in [0.2, 0.25) is 0 Å². The maximum absolute atomic E-state index is 12.3. The van der Waals surface area contributed by atoms with Crippen molar-refractivity contribution in [2.45, 2.75) is 44.4 Å². The highest BCUT2D eigenvalue weighted by Gasteiger charge is 2.21.